The molecular weight excluding hydrogens is 256 g/mol. The Bertz CT molecular complexity index is 408. The Morgan fingerprint density at radius 2 is 1.89 bits per heavy atom. The van der Waals surface area contributed by atoms with Crippen LogP contribution in [-0.2, 0) is 6.54 Å². The van der Waals surface area contributed by atoms with Gasteiger partial charge in [-0.25, -0.2) is 0 Å². The highest BCUT2D eigenvalue weighted by molar-refractivity contribution is 6.33. The van der Waals surface area contributed by atoms with Gasteiger partial charge in [0.2, 0.25) is 0 Å². The van der Waals surface area contributed by atoms with E-state index in [4.69, 9.17) is 11.6 Å². The topological polar surface area (TPSA) is 15.3 Å². The van der Waals surface area contributed by atoms with Crippen LogP contribution in [0.15, 0.2) is 18.2 Å². The normalized spacial score (nSPS) is 12.0. The van der Waals surface area contributed by atoms with E-state index in [1.54, 1.807) is 0 Å². The molecule has 0 amide bonds. The predicted octanol–water partition coefficient (Wildman–Crippen LogP) is 4.32. The van der Waals surface area contributed by atoms with Gasteiger partial charge in [-0.05, 0) is 17.0 Å². The molecule has 108 valence electrons. The molecule has 1 N–H and O–H groups in total. The van der Waals surface area contributed by atoms with Crippen molar-refractivity contribution in [2.75, 3.05) is 18.5 Å². The van der Waals surface area contributed by atoms with Crippen LogP contribution in [0.2, 0.25) is 5.02 Å². The van der Waals surface area contributed by atoms with Gasteiger partial charge in [-0.3, -0.25) is 0 Å². The molecule has 0 atom stereocenters. The number of hydrogen-bond donors (Lipinski definition) is 1. The zero-order chi connectivity index (χ0) is 14.6. The number of hydrogen-bond acceptors (Lipinski definition) is 2. The first-order chi connectivity index (χ1) is 8.70. The van der Waals surface area contributed by atoms with E-state index in [0.29, 0.717) is 6.04 Å². The van der Waals surface area contributed by atoms with E-state index in [0.717, 1.165) is 23.8 Å². The zero-order valence-corrected chi connectivity index (χ0v) is 13.8. The Morgan fingerprint density at radius 3 is 2.42 bits per heavy atom. The maximum absolute atomic E-state index is 6.40. The van der Waals surface area contributed by atoms with Crippen molar-refractivity contribution in [3.8, 4) is 0 Å². The van der Waals surface area contributed by atoms with Gasteiger partial charge in [0.05, 0.1) is 10.7 Å². The Balaban J connectivity index is 2.97. The van der Waals surface area contributed by atoms with E-state index < -0.39 is 0 Å². The fourth-order valence-corrected chi connectivity index (χ4v) is 2.57. The molecule has 0 saturated heterocycles. The monoisotopic (exact) mass is 282 g/mol. The summed E-state index contributed by atoms with van der Waals surface area (Å²) < 4.78 is 0. The Kier molecular flexibility index (Phi) is 5.69. The minimum absolute atomic E-state index is 0.247. The van der Waals surface area contributed by atoms with Gasteiger partial charge >= 0.3 is 0 Å². The summed E-state index contributed by atoms with van der Waals surface area (Å²) in [6.45, 7) is 12.9. The molecule has 0 saturated carbocycles. The molecule has 1 aromatic carbocycles. The fourth-order valence-electron chi connectivity index (χ4n) is 2.23. The third-order valence-corrected chi connectivity index (χ3v) is 3.17. The van der Waals surface area contributed by atoms with Crippen molar-refractivity contribution in [2.45, 2.75) is 47.2 Å². The zero-order valence-electron chi connectivity index (χ0n) is 13.0. The molecule has 0 fully saturated rings. The number of anilines is 1. The third-order valence-electron chi connectivity index (χ3n) is 2.86. The Labute approximate surface area is 123 Å². The third kappa shape index (κ3) is 5.42. The highest BCUT2D eigenvalue weighted by Crippen LogP contribution is 2.31. The fraction of sp³-hybridized carbons (Fsp3) is 0.625. The minimum Gasteiger partial charge on any atom is -0.373 e. The molecule has 0 spiro atoms. The molecule has 0 unspecified atom stereocenters. The van der Waals surface area contributed by atoms with Gasteiger partial charge in [0.25, 0.3) is 0 Å². The summed E-state index contributed by atoms with van der Waals surface area (Å²) in [5.74, 6) is 0. The minimum atomic E-state index is 0.247. The molecular formula is C16H27ClN2. The van der Waals surface area contributed by atoms with Gasteiger partial charge in [-0.1, -0.05) is 58.4 Å². The second-order valence-electron chi connectivity index (χ2n) is 6.70. The molecule has 3 heteroatoms. The standard InChI is InChI=1S/C16H27ClN2/c1-12(2)18-10-13-8-7-9-14(17)15(13)19(6)11-16(3,4)5/h7-9,12,18H,10-11H2,1-6H3. The van der Waals surface area contributed by atoms with Crippen LogP contribution < -0.4 is 10.2 Å². The van der Waals surface area contributed by atoms with Gasteiger partial charge in [-0.2, -0.15) is 0 Å². The van der Waals surface area contributed by atoms with Crippen LogP contribution in [0, 0.1) is 5.41 Å². The lowest BCUT2D eigenvalue weighted by Gasteiger charge is -2.30. The summed E-state index contributed by atoms with van der Waals surface area (Å²) in [7, 11) is 2.12. The van der Waals surface area contributed by atoms with Crippen LogP contribution in [0.4, 0.5) is 5.69 Å². The quantitative estimate of drug-likeness (QED) is 0.865. The summed E-state index contributed by atoms with van der Waals surface area (Å²) >= 11 is 6.40. The first-order valence-corrected chi connectivity index (χ1v) is 7.30. The highest BCUT2D eigenvalue weighted by atomic mass is 35.5. The predicted molar refractivity (Wildman–Crippen MR) is 86.2 cm³/mol. The van der Waals surface area contributed by atoms with Crippen molar-refractivity contribution < 1.29 is 0 Å². The van der Waals surface area contributed by atoms with Crippen LogP contribution in [0.25, 0.3) is 0 Å². The van der Waals surface area contributed by atoms with Crippen LogP contribution >= 0.6 is 11.6 Å². The lowest BCUT2D eigenvalue weighted by atomic mass is 9.95. The molecule has 0 aromatic heterocycles. The molecule has 2 nitrogen and oxygen atoms in total. The van der Waals surface area contributed by atoms with Crippen LogP contribution in [0.3, 0.4) is 0 Å². The Hall–Kier alpha value is -0.730. The van der Waals surface area contributed by atoms with Crippen molar-refractivity contribution in [3.63, 3.8) is 0 Å². The second kappa shape index (κ2) is 6.62. The molecule has 0 aliphatic heterocycles. The van der Waals surface area contributed by atoms with Crippen LogP contribution in [-0.4, -0.2) is 19.6 Å². The lowest BCUT2D eigenvalue weighted by Crippen LogP contribution is -2.31. The average molecular weight is 283 g/mol. The molecule has 1 aromatic rings. The Morgan fingerprint density at radius 1 is 1.26 bits per heavy atom. The molecule has 0 radical (unpaired) electrons. The number of nitrogens with one attached hydrogen (secondary N) is 1. The number of rotatable bonds is 5. The number of para-hydroxylation sites is 1. The van der Waals surface area contributed by atoms with Crippen LogP contribution in [0.1, 0.15) is 40.2 Å². The van der Waals surface area contributed by atoms with Crippen molar-refractivity contribution in [1.82, 2.24) is 5.32 Å². The highest BCUT2D eigenvalue weighted by Gasteiger charge is 2.18. The summed E-state index contributed by atoms with van der Waals surface area (Å²) in [6, 6.07) is 6.61. The van der Waals surface area contributed by atoms with E-state index in [9.17, 15) is 0 Å². The van der Waals surface area contributed by atoms with E-state index >= 15 is 0 Å². The summed E-state index contributed by atoms with van der Waals surface area (Å²) in [5, 5.41) is 4.29. The van der Waals surface area contributed by atoms with E-state index in [2.05, 4.69) is 57.9 Å². The lowest BCUT2D eigenvalue weighted by molar-refractivity contribution is 0.418. The summed E-state index contributed by atoms with van der Waals surface area (Å²) in [5.41, 5.74) is 2.65. The summed E-state index contributed by atoms with van der Waals surface area (Å²) in [4.78, 5) is 2.26. The van der Waals surface area contributed by atoms with Gasteiger partial charge in [0.15, 0.2) is 0 Å². The number of benzene rings is 1. The van der Waals surface area contributed by atoms with Crippen LogP contribution in [0.5, 0.6) is 0 Å². The molecule has 0 heterocycles. The maximum atomic E-state index is 6.40. The van der Waals surface area contributed by atoms with Gasteiger partial charge in [0.1, 0.15) is 0 Å². The van der Waals surface area contributed by atoms with Gasteiger partial charge < -0.3 is 10.2 Å². The first-order valence-electron chi connectivity index (χ1n) is 6.92. The summed E-state index contributed by atoms with van der Waals surface area (Å²) in [6.07, 6.45) is 0. The van der Waals surface area contributed by atoms with E-state index in [-0.39, 0.29) is 5.41 Å². The smallest absolute Gasteiger partial charge is 0.0642 e. The number of halogens is 1. The molecule has 19 heavy (non-hydrogen) atoms. The molecule has 0 bridgehead atoms. The largest absolute Gasteiger partial charge is 0.373 e. The second-order valence-corrected chi connectivity index (χ2v) is 7.11. The average Bonchev–Trinajstić information content (AvgIpc) is 2.23. The van der Waals surface area contributed by atoms with Gasteiger partial charge in [0, 0.05) is 26.2 Å². The van der Waals surface area contributed by atoms with Crippen molar-refractivity contribution in [3.05, 3.63) is 28.8 Å². The number of nitrogens with zero attached hydrogens (tertiary/aromatic N) is 1. The molecule has 0 aliphatic rings. The van der Waals surface area contributed by atoms with E-state index in [1.807, 2.05) is 12.1 Å². The van der Waals surface area contributed by atoms with Crippen molar-refractivity contribution in [1.29, 1.82) is 0 Å². The van der Waals surface area contributed by atoms with Crippen molar-refractivity contribution in [2.24, 2.45) is 5.41 Å². The molecule has 1 rings (SSSR count). The van der Waals surface area contributed by atoms with E-state index in [1.165, 1.54) is 5.56 Å². The molecule has 0 aliphatic carbocycles. The first kappa shape index (κ1) is 16.3. The maximum Gasteiger partial charge on any atom is 0.0642 e. The SMILES string of the molecule is CC(C)NCc1cccc(Cl)c1N(C)CC(C)(C)C. The van der Waals surface area contributed by atoms with Crippen molar-refractivity contribution >= 4 is 17.3 Å². The van der Waals surface area contributed by atoms with Gasteiger partial charge in [-0.15, -0.1) is 0 Å².